The van der Waals surface area contributed by atoms with Gasteiger partial charge in [0.15, 0.2) is 0 Å². The Bertz CT molecular complexity index is 1070. The van der Waals surface area contributed by atoms with Gasteiger partial charge in [0.05, 0.1) is 7.11 Å². The lowest BCUT2D eigenvalue weighted by molar-refractivity contribution is 0.0895. The Hall–Kier alpha value is -2.59. The van der Waals surface area contributed by atoms with E-state index in [0.29, 0.717) is 5.92 Å². The van der Waals surface area contributed by atoms with Gasteiger partial charge in [0.25, 0.3) is 0 Å². The summed E-state index contributed by atoms with van der Waals surface area (Å²) in [6.45, 7) is 6.88. The normalized spacial score (nSPS) is 24.1. The van der Waals surface area contributed by atoms with Crippen LogP contribution >= 0.6 is 0 Å². The van der Waals surface area contributed by atoms with E-state index in [-0.39, 0.29) is 11.2 Å². The number of likely N-dealkylation sites (tertiary alicyclic amines) is 1. The molecule has 2 atom stereocenters. The average Bonchev–Trinajstić information content (AvgIpc) is 3.10. The molecule has 2 unspecified atom stereocenters. The van der Waals surface area contributed by atoms with Crippen molar-refractivity contribution in [2.45, 2.75) is 24.7 Å². The number of hydrogen-bond donors (Lipinski definition) is 1. The van der Waals surface area contributed by atoms with Gasteiger partial charge in [-0.15, -0.1) is 6.58 Å². The number of aromatic amines is 1. The fraction of sp³-hybridized carbons (Fsp3) is 0.360. The van der Waals surface area contributed by atoms with Crippen LogP contribution in [0, 0.1) is 11.7 Å². The summed E-state index contributed by atoms with van der Waals surface area (Å²) in [7, 11) is 1.72. The van der Waals surface area contributed by atoms with Gasteiger partial charge in [0, 0.05) is 35.1 Å². The van der Waals surface area contributed by atoms with E-state index in [4.69, 9.17) is 4.74 Å². The standard InChI is InChI=1S/C25H27FN2O/c1-3-11-28-12-10-25(17-6-4-7-19(13-17)29-2)15-23-20(14-18(25)16-28)24-21(26)8-5-9-22(24)27-23/h3-9,13,18,27H,1,10-12,14-16H2,2H3. The Labute approximate surface area is 171 Å². The Balaban J connectivity index is 1.65. The average molecular weight is 391 g/mol. The first-order valence-corrected chi connectivity index (χ1v) is 10.4. The van der Waals surface area contributed by atoms with Crippen molar-refractivity contribution in [1.82, 2.24) is 9.88 Å². The van der Waals surface area contributed by atoms with Crippen molar-refractivity contribution in [3.05, 3.63) is 77.8 Å². The summed E-state index contributed by atoms with van der Waals surface area (Å²) in [6.07, 6.45) is 4.87. The molecule has 150 valence electrons. The molecular weight excluding hydrogens is 363 g/mol. The van der Waals surface area contributed by atoms with Crippen LogP contribution < -0.4 is 4.74 Å². The number of benzene rings is 2. The lowest BCUT2D eigenvalue weighted by atomic mass is 9.58. The molecule has 1 N–H and O–H groups in total. The summed E-state index contributed by atoms with van der Waals surface area (Å²) in [6, 6.07) is 13.9. The minimum absolute atomic E-state index is 0.0383. The molecule has 2 aliphatic rings. The molecule has 5 rings (SSSR count). The first-order chi connectivity index (χ1) is 14.1. The zero-order chi connectivity index (χ0) is 20.0. The van der Waals surface area contributed by atoms with E-state index in [9.17, 15) is 4.39 Å². The van der Waals surface area contributed by atoms with Crippen molar-refractivity contribution in [2.75, 3.05) is 26.7 Å². The fourth-order valence-corrected chi connectivity index (χ4v) is 5.66. The lowest BCUT2D eigenvalue weighted by Gasteiger charge is -2.51. The molecule has 1 aliphatic heterocycles. The third-order valence-electron chi connectivity index (χ3n) is 7.07. The van der Waals surface area contributed by atoms with Crippen molar-refractivity contribution in [3.8, 4) is 5.75 Å². The number of rotatable bonds is 4. The second-order valence-corrected chi connectivity index (χ2v) is 8.51. The van der Waals surface area contributed by atoms with Gasteiger partial charge in [0.2, 0.25) is 0 Å². The number of aromatic nitrogens is 1. The maximum absolute atomic E-state index is 14.7. The number of fused-ring (bicyclic) bond motifs is 4. The number of methoxy groups -OCH3 is 1. The van der Waals surface area contributed by atoms with Crippen molar-refractivity contribution in [2.24, 2.45) is 5.92 Å². The maximum Gasteiger partial charge on any atom is 0.132 e. The van der Waals surface area contributed by atoms with E-state index in [1.54, 1.807) is 19.2 Å². The van der Waals surface area contributed by atoms with Crippen molar-refractivity contribution in [1.29, 1.82) is 0 Å². The van der Waals surface area contributed by atoms with Crippen LogP contribution in [-0.4, -0.2) is 36.6 Å². The van der Waals surface area contributed by atoms with Crippen LogP contribution in [-0.2, 0) is 18.3 Å². The molecule has 0 spiro atoms. The molecule has 3 aromatic rings. The minimum atomic E-state index is -0.118. The van der Waals surface area contributed by atoms with Gasteiger partial charge in [-0.05, 0) is 67.1 Å². The summed E-state index contributed by atoms with van der Waals surface area (Å²) >= 11 is 0. The smallest absolute Gasteiger partial charge is 0.132 e. The van der Waals surface area contributed by atoms with E-state index in [2.05, 4.69) is 34.7 Å². The van der Waals surface area contributed by atoms with Crippen molar-refractivity contribution < 1.29 is 9.13 Å². The first kappa shape index (κ1) is 18.4. The summed E-state index contributed by atoms with van der Waals surface area (Å²) < 4.78 is 20.2. The van der Waals surface area contributed by atoms with Gasteiger partial charge in [0.1, 0.15) is 11.6 Å². The molecule has 4 heteroatoms. The van der Waals surface area contributed by atoms with Crippen LogP contribution in [0.15, 0.2) is 55.1 Å². The number of ether oxygens (including phenoxy) is 1. The number of nitrogens with zero attached hydrogens (tertiary/aromatic N) is 1. The molecule has 1 aliphatic carbocycles. The second-order valence-electron chi connectivity index (χ2n) is 8.51. The zero-order valence-electron chi connectivity index (χ0n) is 16.9. The van der Waals surface area contributed by atoms with E-state index >= 15 is 0 Å². The highest BCUT2D eigenvalue weighted by molar-refractivity contribution is 5.85. The van der Waals surface area contributed by atoms with Gasteiger partial charge in [-0.25, -0.2) is 4.39 Å². The molecule has 0 saturated carbocycles. The Morgan fingerprint density at radius 1 is 1.31 bits per heavy atom. The van der Waals surface area contributed by atoms with Crippen LogP contribution in [0.4, 0.5) is 4.39 Å². The molecule has 3 nitrogen and oxygen atoms in total. The Morgan fingerprint density at radius 3 is 3.00 bits per heavy atom. The quantitative estimate of drug-likeness (QED) is 0.645. The number of H-pyrrole nitrogens is 1. The minimum Gasteiger partial charge on any atom is -0.497 e. The number of hydrogen-bond acceptors (Lipinski definition) is 2. The predicted octanol–water partition coefficient (Wildman–Crippen LogP) is 4.86. The molecule has 1 aromatic heterocycles. The molecule has 2 aromatic carbocycles. The topological polar surface area (TPSA) is 28.3 Å². The van der Waals surface area contributed by atoms with Gasteiger partial charge in [-0.3, -0.25) is 4.90 Å². The fourth-order valence-electron chi connectivity index (χ4n) is 5.66. The highest BCUT2D eigenvalue weighted by Crippen LogP contribution is 2.49. The molecule has 2 heterocycles. The van der Waals surface area contributed by atoms with Crippen LogP contribution in [0.3, 0.4) is 0 Å². The van der Waals surface area contributed by atoms with E-state index in [1.807, 2.05) is 18.2 Å². The summed E-state index contributed by atoms with van der Waals surface area (Å²) in [5.41, 5.74) is 4.65. The van der Waals surface area contributed by atoms with E-state index in [0.717, 1.165) is 55.5 Å². The first-order valence-electron chi connectivity index (χ1n) is 10.4. The molecule has 1 saturated heterocycles. The summed E-state index contributed by atoms with van der Waals surface area (Å²) in [5, 5.41) is 0.780. The van der Waals surface area contributed by atoms with E-state index in [1.165, 1.54) is 16.8 Å². The van der Waals surface area contributed by atoms with E-state index < -0.39 is 0 Å². The molecule has 0 amide bonds. The predicted molar refractivity (Wildman–Crippen MR) is 115 cm³/mol. The third kappa shape index (κ3) is 2.89. The largest absolute Gasteiger partial charge is 0.497 e. The SMILES string of the molecule is C=CCN1CCC2(c3cccc(OC)c3)Cc3[nH]c4cccc(F)c4c3CC2C1. The molecule has 0 radical (unpaired) electrons. The molecular formula is C25H27FN2O. The molecule has 0 bridgehead atoms. The summed E-state index contributed by atoms with van der Waals surface area (Å²) in [5.74, 6) is 1.21. The van der Waals surface area contributed by atoms with Crippen molar-refractivity contribution in [3.63, 3.8) is 0 Å². The van der Waals surface area contributed by atoms with Crippen LogP contribution in [0.5, 0.6) is 5.75 Å². The number of piperidine rings is 1. The van der Waals surface area contributed by atoms with Gasteiger partial charge in [-0.1, -0.05) is 24.3 Å². The monoisotopic (exact) mass is 390 g/mol. The number of nitrogens with one attached hydrogen (secondary N) is 1. The van der Waals surface area contributed by atoms with Gasteiger partial charge in [-0.2, -0.15) is 0 Å². The van der Waals surface area contributed by atoms with Crippen LogP contribution in [0.2, 0.25) is 0 Å². The third-order valence-corrected chi connectivity index (χ3v) is 7.07. The van der Waals surface area contributed by atoms with Crippen molar-refractivity contribution >= 4 is 10.9 Å². The highest BCUT2D eigenvalue weighted by Gasteiger charge is 2.48. The Kier molecular flexibility index (Phi) is 4.47. The van der Waals surface area contributed by atoms with Crippen LogP contribution in [0.25, 0.3) is 10.9 Å². The van der Waals surface area contributed by atoms with Gasteiger partial charge >= 0.3 is 0 Å². The second kappa shape index (κ2) is 7.03. The number of halogens is 1. The maximum atomic E-state index is 14.7. The molecule has 1 fully saturated rings. The Morgan fingerprint density at radius 2 is 2.17 bits per heavy atom. The van der Waals surface area contributed by atoms with Crippen LogP contribution in [0.1, 0.15) is 23.2 Å². The van der Waals surface area contributed by atoms with Gasteiger partial charge < -0.3 is 9.72 Å². The zero-order valence-corrected chi connectivity index (χ0v) is 16.9. The highest BCUT2D eigenvalue weighted by atomic mass is 19.1. The molecule has 29 heavy (non-hydrogen) atoms. The lowest BCUT2D eigenvalue weighted by Crippen LogP contribution is -2.53. The summed E-state index contributed by atoms with van der Waals surface area (Å²) in [4.78, 5) is 6.03.